The molecular weight excluding hydrogens is 392 g/mol. The Kier molecular flexibility index (Phi) is 7.53. The van der Waals surface area contributed by atoms with Crippen LogP contribution < -0.4 is 15.8 Å². The molecular formula is C24H37N4OS+. The minimum atomic E-state index is -0.0151. The second-order valence-corrected chi connectivity index (χ2v) is 9.22. The van der Waals surface area contributed by atoms with Gasteiger partial charge in [0.15, 0.2) is 5.11 Å². The van der Waals surface area contributed by atoms with Gasteiger partial charge in [-0.1, -0.05) is 19.1 Å². The first-order chi connectivity index (χ1) is 14.3. The number of fused-ring (bicyclic) bond motifs is 1. The van der Waals surface area contributed by atoms with Crippen LogP contribution in [0.2, 0.25) is 0 Å². The highest BCUT2D eigenvalue weighted by atomic mass is 32.1. The average molecular weight is 430 g/mol. The number of aryl methyl sites for hydroxylation is 2. The van der Waals surface area contributed by atoms with Gasteiger partial charge in [-0.2, -0.15) is 0 Å². The number of H-pyrrole nitrogens is 1. The maximum Gasteiger partial charge on any atom is 0.253 e. The Morgan fingerprint density at radius 2 is 2.13 bits per heavy atom. The van der Waals surface area contributed by atoms with Gasteiger partial charge in [-0.15, -0.1) is 0 Å². The number of likely N-dealkylation sites (N-methyl/N-ethyl adjacent to an activating group) is 1. The normalized spacial score (nSPS) is 19.8. The number of thiocarbonyl (C=S) groups is 1. The minimum absolute atomic E-state index is 0.0151. The fraction of sp³-hybridized carbons (Fsp3) is 0.583. The van der Waals surface area contributed by atoms with Crippen molar-refractivity contribution >= 4 is 28.2 Å². The molecule has 164 valence electrons. The van der Waals surface area contributed by atoms with Crippen LogP contribution in [0.5, 0.6) is 0 Å². The van der Waals surface area contributed by atoms with E-state index in [-0.39, 0.29) is 5.56 Å². The second-order valence-electron chi connectivity index (χ2n) is 8.84. The monoisotopic (exact) mass is 429 g/mol. The molecule has 6 heteroatoms. The topological polar surface area (TPSA) is 52.6 Å². The summed E-state index contributed by atoms with van der Waals surface area (Å²) < 4.78 is 0. The van der Waals surface area contributed by atoms with Crippen molar-refractivity contribution in [3.05, 3.63) is 45.2 Å². The van der Waals surface area contributed by atoms with E-state index in [4.69, 9.17) is 12.2 Å². The Bertz CT molecular complexity index is 954. The molecule has 1 saturated heterocycles. The number of nitrogens with zero attached hydrogens (tertiary/aromatic N) is 1. The van der Waals surface area contributed by atoms with E-state index in [1.807, 2.05) is 6.07 Å². The molecule has 2 aromatic rings. The van der Waals surface area contributed by atoms with Crippen LogP contribution in [0.25, 0.3) is 10.9 Å². The number of aromatic amines is 1. The molecule has 3 rings (SSSR count). The SMILES string of the molecule is CC[C@H](C)NC(=S)N(Cc1cc2ccc(C)c(C)c2[nH]c1=O)C[C@H]1CCC[NH+]1CC. The van der Waals surface area contributed by atoms with Crippen LogP contribution >= 0.6 is 12.2 Å². The van der Waals surface area contributed by atoms with E-state index < -0.39 is 0 Å². The first-order valence-electron chi connectivity index (χ1n) is 11.4. The lowest BCUT2D eigenvalue weighted by molar-refractivity contribution is -0.909. The van der Waals surface area contributed by atoms with Crippen molar-refractivity contribution in [3.8, 4) is 0 Å². The molecule has 0 bridgehead atoms. The molecule has 1 fully saturated rings. The Morgan fingerprint density at radius 1 is 1.37 bits per heavy atom. The molecule has 1 aromatic carbocycles. The van der Waals surface area contributed by atoms with Crippen molar-refractivity contribution in [2.75, 3.05) is 19.6 Å². The maximum absolute atomic E-state index is 12.9. The van der Waals surface area contributed by atoms with Crippen LogP contribution in [0.3, 0.4) is 0 Å². The third-order valence-corrected chi connectivity index (χ3v) is 7.16. The number of hydrogen-bond donors (Lipinski definition) is 3. The van der Waals surface area contributed by atoms with E-state index >= 15 is 0 Å². The van der Waals surface area contributed by atoms with E-state index in [2.05, 4.69) is 62.0 Å². The Morgan fingerprint density at radius 3 is 2.83 bits per heavy atom. The van der Waals surface area contributed by atoms with Crippen LogP contribution in [0.15, 0.2) is 23.0 Å². The Balaban J connectivity index is 1.89. The summed E-state index contributed by atoms with van der Waals surface area (Å²) in [4.78, 5) is 19.9. The van der Waals surface area contributed by atoms with Gasteiger partial charge < -0.3 is 20.1 Å². The molecule has 1 aliphatic heterocycles. The zero-order valence-corrected chi connectivity index (χ0v) is 19.9. The number of quaternary nitrogens is 1. The van der Waals surface area contributed by atoms with E-state index in [0.717, 1.165) is 46.7 Å². The number of benzene rings is 1. The molecule has 1 aromatic heterocycles. The Hall–Kier alpha value is -1.92. The van der Waals surface area contributed by atoms with Crippen molar-refractivity contribution < 1.29 is 4.90 Å². The fourth-order valence-corrected chi connectivity index (χ4v) is 4.79. The lowest BCUT2D eigenvalue weighted by Crippen LogP contribution is -3.14. The minimum Gasteiger partial charge on any atom is -0.360 e. The molecule has 3 N–H and O–H groups in total. The van der Waals surface area contributed by atoms with Crippen LogP contribution in [-0.2, 0) is 6.54 Å². The molecule has 1 unspecified atom stereocenters. The van der Waals surface area contributed by atoms with Crippen LogP contribution in [-0.4, -0.2) is 46.7 Å². The molecule has 0 amide bonds. The second kappa shape index (κ2) is 9.92. The first-order valence-corrected chi connectivity index (χ1v) is 11.8. The van der Waals surface area contributed by atoms with Crippen molar-refractivity contribution in [2.45, 2.75) is 72.5 Å². The summed E-state index contributed by atoms with van der Waals surface area (Å²) in [6.07, 6.45) is 3.50. The molecule has 0 aliphatic carbocycles. The van der Waals surface area contributed by atoms with E-state index in [0.29, 0.717) is 18.6 Å². The van der Waals surface area contributed by atoms with Crippen molar-refractivity contribution in [1.82, 2.24) is 15.2 Å². The summed E-state index contributed by atoms with van der Waals surface area (Å²) in [5, 5.41) is 5.30. The summed E-state index contributed by atoms with van der Waals surface area (Å²) >= 11 is 5.80. The summed E-state index contributed by atoms with van der Waals surface area (Å²) in [7, 11) is 0. The summed E-state index contributed by atoms with van der Waals surface area (Å²) in [5.74, 6) is 0. The third kappa shape index (κ3) is 5.03. The summed E-state index contributed by atoms with van der Waals surface area (Å²) in [6.45, 7) is 14.5. The number of pyridine rings is 1. The zero-order chi connectivity index (χ0) is 21.8. The number of rotatable bonds is 7. The van der Waals surface area contributed by atoms with Gasteiger partial charge in [0.1, 0.15) is 6.04 Å². The standard InChI is InChI=1S/C24H36N4OS/c1-6-17(4)25-24(30)28(15-21-9-8-12-27(21)7-2)14-20-13-19-11-10-16(3)18(5)22(19)26-23(20)29/h10-11,13,17,21H,6-9,12,14-15H2,1-5H3,(H,25,30)(H,26,29)/p+1/t17-,21+/m0/s1. The number of likely N-dealkylation sites (tertiary alicyclic amines) is 1. The Labute approximate surface area is 185 Å². The highest BCUT2D eigenvalue weighted by Crippen LogP contribution is 2.19. The lowest BCUT2D eigenvalue weighted by atomic mass is 10.0. The molecule has 0 saturated carbocycles. The molecule has 3 atom stereocenters. The third-order valence-electron chi connectivity index (χ3n) is 6.78. The molecule has 1 aliphatic rings. The molecule has 5 nitrogen and oxygen atoms in total. The average Bonchev–Trinajstić information content (AvgIpc) is 3.18. The molecule has 0 radical (unpaired) electrons. The summed E-state index contributed by atoms with van der Waals surface area (Å²) in [5.41, 5.74) is 4.02. The first kappa shape index (κ1) is 22.8. The van der Waals surface area contributed by atoms with Crippen LogP contribution in [0.1, 0.15) is 56.7 Å². The highest BCUT2D eigenvalue weighted by Gasteiger charge is 2.30. The van der Waals surface area contributed by atoms with Gasteiger partial charge in [-0.05, 0) is 68.9 Å². The van der Waals surface area contributed by atoms with Gasteiger partial charge in [0, 0.05) is 24.4 Å². The quantitative estimate of drug-likeness (QED) is 0.593. The predicted octanol–water partition coefficient (Wildman–Crippen LogP) is 2.69. The van der Waals surface area contributed by atoms with Gasteiger partial charge in [0.25, 0.3) is 5.56 Å². The van der Waals surface area contributed by atoms with Gasteiger partial charge in [-0.25, -0.2) is 0 Å². The van der Waals surface area contributed by atoms with Gasteiger partial charge in [-0.3, -0.25) is 4.79 Å². The number of nitrogens with one attached hydrogen (secondary N) is 3. The zero-order valence-electron chi connectivity index (χ0n) is 19.1. The highest BCUT2D eigenvalue weighted by molar-refractivity contribution is 7.80. The maximum atomic E-state index is 12.9. The van der Waals surface area contributed by atoms with Gasteiger partial charge in [0.05, 0.1) is 31.7 Å². The van der Waals surface area contributed by atoms with Crippen molar-refractivity contribution in [2.24, 2.45) is 0 Å². The predicted molar refractivity (Wildman–Crippen MR) is 129 cm³/mol. The van der Waals surface area contributed by atoms with Gasteiger partial charge in [0.2, 0.25) is 0 Å². The fourth-order valence-electron chi connectivity index (χ4n) is 4.45. The lowest BCUT2D eigenvalue weighted by Gasteiger charge is -2.31. The van der Waals surface area contributed by atoms with E-state index in [1.165, 1.54) is 24.9 Å². The van der Waals surface area contributed by atoms with E-state index in [1.54, 1.807) is 4.90 Å². The van der Waals surface area contributed by atoms with Crippen LogP contribution in [0.4, 0.5) is 0 Å². The van der Waals surface area contributed by atoms with Crippen molar-refractivity contribution in [3.63, 3.8) is 0 Å². The van der Waals surface area contributed by atoms with Gasteiger partial charge >= 0.3 is 0 Å². The number of hydrogen-bond acceptors (Lipinski definition) is 2. The summed E-state index contributed by atoms with van der Waals surface area (Å²) in [6, 6.07) is 7.14. The largest absolute Gasteiger partial charge is 0.360 e. The van der Waals surface area contributed by atoms with E-state index in [9.17, 15) is 4.79 Å². The smallest absolute Gasteiger partial charge is 0.253 e. The molecule has 2 heterocycles. The van der Waals surface area contributed by atoms with Crippen LogP contribution in [0, 0.1) is 13.8 Å². The molecule has 0 spiro atoms. The molecule has 30 heavy (non-hydrogen) atoms. The van der Waals surface area contributed by atoms with Crippen molar-refractivity contribution in [1.29, 1.82) is 0 Å². The number of aromatic nitrogens is 1.